The van der Waals surface area contributed by atoms with Gasteiger partial charge in [0.2, 0.25) is 15.8 Å². The Morgan fingerprint density at radius 3 is 2.31 bits per heavy atom. The van der Waals surface area contributed by atoms with E-state index in [0.717, 1.165) is 24.8 Å². The van der Waals surface area contributed by atoms with Crippen LogP contribution in [-0.2, 0) is 16.6 Å². The van der Waals surface area contributed by atoms with Gasteiger partial charge in [0, 0.05) is 24.2 Å². The third-order valence-corrected chi connectivity index (χ3v) is 6.81. The molecule has 1 aromatic heterocycles. The second-order valence-electron chi connectivity index (χ2n) is 6.92. The van der Waals surface area contributed by atoms with Crippen molar-refractivity contribution in [3.8, 4) is 11.4 Å². The third-order valence-electron chi connectivity index (χ3n) is 4.90. The Morgan fingerprint density at radius 2 is 1.62 bits per heavy atom. The van der Waals surface area contributed by atoms with Crippen LogP contribution in [0, 0.1) is 0 Å². The monoisotopic (exact) mass is 411 g/mol. The second kappa shape index (κ2) is 8.22. The normalized spacial score (nSPS) is 15.3. The van der Waals surface area contributed by atoms with E-state index in [1.165, 1.54) is 33.4 Å². The average Bonchev–Trinajstić information content (AvgIpc) is 3.23. The Balaban J connectivity index is 1.45. The van der Waals surface area contributed by atoms with Crippen molar-refractivity contribution in [2.45, 2.75) is 30.7 Å². The van der Waals surface area contributed by atoms with Crippen LogP contribution in [0.4, 0.5) is 0 Å². The lowest BCUT2D eigenvalue weighted by atomic mass is 10.1. The number of carbonyl (C=O) groups excluding carboxylic acids is 1. The fourth-order valence-corrected chi connectivity index (χ4v) is 4.82. The van der Waals surface area contributed by atoms with Crippen molar-refractivity contribution >= 4 is 15.8 Å². The topological polar surface area (TPSA) is 98.0 Å². The van der Waals surface area contributed by atoms with Crippen molar-refractivity contribution < 1.29 is 13.2 Å². The number of sulfonamides is 1. The number of hydrogen-bond donors (Lipinski definition) is 0. The summed E-state index contributed by atoms with van der Waals surface area (Å²) in [5.74, 6) is 0.227. The quantitative estimate of drug-likeness (QED) is 0.578. The molecule has 2 heterocycles. The molecule has 0 bridgehead atoms. The highest BCUT2D eigenvalue weighted by Crippen LogP contribution is 2.21. The van der Waals surface area contributed by atoms with Crippen LogP contribution >= 0.6 is 0 Å². The molecule has 0 spiro atoms. The summed E-state index contributed by atoms with van der Waals surface area (Å²) in [5.41, 5.74) is 1.22. The summed E-state index contributed by atoms with van der Waals surface area (Å²) in [7, 11) is -3.51. The average molecular weight is 411 g/mol. The van der Waals surface area contributed by atoms with E-state index in [2.05, 4.69) is 15.4 Å². The number of benzene rings is 2. The van der Waals surface area contributed by atoms with Crippen molar-refractivity contribution in [3.63, 3.8) is 0 Å². The first-order valence-corrected chi connectivity index (χ1v) is 10.9. The summed E-state index contributed by atoms with van der Waals surface area (Å²) < 4.78 is 26.9. The van der Waals surface area contributed by atoms with Gasteiger partial charge in [0.15, 0.2) is 5.78 Å². The van der Waals surface area contributed by atoms with Crippen LogP contribution in [0.15, 0.2) is 59.5 Å². The highest BCUT2D eigenvalue weighted by atomic mass is 32.2. The zero-order chi connectivity index (χ0) is 20.3. The Hall–Kier alpha value is -2.91. The molecule has 2 aromatic carbocycles. The fraction of sp³-hybridized carbons (Fsp3) is 0.300. The molecule has 0 unspecified atom stereocenters. The van der Waals surface area contributed by atoms with Crippen LogP contribution in [0.2, 0.25) is 0 Å². The minimum Gasteiger partial charge on any atom is -0.292 e. The molecule has 1 aliphatic rings. The predicted molar refractivity (Wildman–Crippen MR) is 107 cm³/mol. The molecule has 1 aliphatic heterocycles. The van der Waals surface area contributed by atoms with Gasteiger partial charge in [0.1, 0.15) is 6.54 Å². The van der Waals surface area contributed by atoms with E-state index < -0.39 is 10.0 Å². The number of tetrazole rings is 1. The second-order valence-corrected chi connectivity index (χ2v) is 8.86. The number of aromatic nitrogens is 4. The summed E-state index contributed by atoms with van der Waals surface area (Å²) in [6.07, 6.45) is 2.82. The zero-order valence-electron chi connectivity index (χ0n) is 15.8. The number of piperidine rings is 1. The molecular formula is C20H21N5O3S. The summed E-state index contributed by atoms with van der Waals surface area (Å²) >= 11 is 0. The van der Waals surface area contributed by atoms with Crippen molar-refractivity contribution in [2.75, 3.05) is 13.1 Å². The minimum absolute atomic E-state index is 0.0714. The third kappa shape index (κ3) is 4.25. The summed E-state index contributed by atoms with van der Waals surface area (Å²) in [5, 5.41) is 12.1. The highest BCUT2D eigenvalue weighted by molar-refractivity contribution is 7.89. The van der Waals surface area contributed by atoms with E-state index in [0.29, 0.717) is 24.5 Å². The smallest absolute Gasteiger partial charge is 0.243 e. The molecule has 29 heavy (non-hydrogen) atoms. The van der Waals surface area contributed by atoms with Gasteiger partial charge in [-0.3, -0.25) is 4.79 Å². The van der Waals surface area contributed by atoms with Gasteiger partial charge in [-0.05, 0) is 42.3 Å². The predicted octanol–water partition coefficient (Wildman–Crippen LogP) is 2.40. The standard InChI is InChI=1S/C20H21N5O3S/c26-19(15-25-22-20(21-23-25)17-7-3-1-4-8-17)16-9-11-18(12-10-16)29(27,28)24-13-5-2-6-14-24/h1,3-4,7-12H,2,5-6,13-15H2. The number of Topliss-reactive ketones (excluding diaryl/α,β-unsaturated/α-hetero) is 1. The van der Waals surface area contributed by atoms with Gasteiger partial charge in [-0.2, -0.15) is 9.10 Å². The largest absolute Gasteiger partial charge is 0.292 e. The van der Waals surface area contributed by atoms with Crippen LogP contribution in [-0.4, -0.2) is 51.8 Å². The number of carbonyl (C=O) groups is 1. The molecule has 0 aliphatic carbocycles. The maximum Gasteiger partial charge on any atom is 0.243 e. The first-order valence-electron chi connectivity index (χ1n) is 9.51. The van der Waals surface area contributed by atoms with Crippen molar-refractivity contribution in [2.24, 2.45) is 0 Å². The molecular weight excluding hydrogens is 390 g/mol. The molecule has 0 N–H and O–H groups in total. The van der Waals surface area contributed by atoms with Gasteiger partial charge in [-0.1, -0.05) is 36.8 Å². The molecule has 4 rings (SSSR count). The summed E-state index contributed by atoms with van der Waals surface area (Å²) in [6.45, 7) is 1.02. The lowest BCUT2D eigenvalue weighted by Gasteiger charge is -2.25. The van der Waals surface area contributed by atoms with E-state index in [9.17, 15) is 13.2 Å². The van der Waals surface area contributed by atoms with Gasteiger partial charge in [0.25, 0.3) is 0 Å². The molecule has 3 aromatic rings. The van der Waals surface area contributed by atoms with Gasteiger partial charge in [0.05, 0.1) is 4.90 Å². The maximum atomic E-state index is 12.7. The van der Waals surface area contributed by atoms with Gasteiger partial charge >= 0.3 is 0 Å². The first kappa shape index (κ1) is 19.4. The number of nitrogens with zero attached hydrogens (tertiary/aromatic N) is 5. The Morgan fingerprint density at radius 1 is 0.931 bits per heavy atom. The van der Waals surface area contributed by atoms with Crippen LogP contribution in [0.3, 0.4) is 0 Å². The molecule has 8 nitrogen and oxygen atoms in total. The van der Waals surface area contributed by atoms with Crippen LogP contribution in [0.5, 0.6) is 0 Å². The van der Waals surface area contributed by atoms with Gasteiger partial charge in [-0.15, -0.1) is 10.2 Å². The van der Waals surface area contributed by atoms with E-state index in [1.54, 1.807) is 0 Å². The molecule has 0 amide bonds. The lowest BCUT2D eigenvalue weighted by molar-refractivity contribution is 0.0961. The van der Waals surface area contributed by atoms with E-state index in [-0.39, 0.29) is 17.2 Å². The molecule has 0 radical (unpaired) electrons. The Labute approximate surface area is 169 Å². The van der Waals surface area contributed by atoms with Crippen LogP contribution < -0.4 is 0 Å². The van der Waals surface area contributed by atoms with Crippen molar-refractivity contribution in [1.82, 2.24) is 24.5 Å². The first-order chi connectivity index (χ1) is 14.0. The highest BCUT2D eigenvalue weighted by Gasteiger charge is 2.26. The molecule has 0 atom stereocenters. The maximum absolute atomic E-state index is 12.7. The van der Waals surface area contributed by atoms with Gasteiger partial charge < -0.3 is 0 Å². The molecule has 1 saturated heterocycles. The number of ketones is 1. The Bertz CT molecular complexity index is 1090. The number of rotatable bonds is 6. The summed E-state index contributed by atoms with van der Waals surface area (Å²) in [4.78, 5) is 14.0. The minimum atomic E-state index is -3.51. The fourth-order valence-electron chi connectivity index (χ4n) is 3.30. The molecule has 150 valence electrons. The summed E-state index contributed by atoms with van der Waals surface area (Å²) in [6, 6.07) is 15.4. The SMILES string of the molecule is O=C(Cn1nnc(-c2ccccc2)n1)c1ccc(S(=O)(=O)N2CCCCC2)cc1. The number of hydrogen-bond acceptors (Lipinski definition) is 6. The zero-order valence-corrected chi connectivity index (χ0v) is 16.6. The van der Waals surface area contributed by atoms with Crippen molar-refractivity contribution in [3.05, 3.63) is 60.2 Å². The van der Waals surface area contributed by atoms with Crippen LogP contribution in [0.25, 0.3) is 11.4 Å². The van der Waals surface area contributed by atoms with Gasteiger partial charge in [-0.25, -0.2) is 8.42 Å². The van der Waals surface area contributed by atoms with E-state index in [4.69, 9.17) is 0 Å². The molecule has 9 heteroatoms. The molecule has 1 fully saturated rings. The van der Waals surface area contributed by atoms with Crippen molar-refractivity contribution in [1.29, 1.82) is 0 Å². The Kier molecular flexibility index (Phi) is 5.50. The lowest BCUT2D eigenvalue weighted by Crippen LogP contribution is -2.35. The molecule has 0 saturated carbocycles. The van der Waals surface area contributed by atoms with Crippen LogP contribution in [0.1, 0.15) is 29.6 Å². The van der Waals surface area contributed by atoms with E-state index >= 15 is 0 Å². The van der Waals surface area contributed by atoms with E-state index in [1.807, 2.05) is 30.3 Å².